The summed E-state index contributed by atoms with van der Waals surface area (Å²) in [6, 6.07) is 5.64. The maximum absolute atomic E-state index is 13.2. The third-order valence-electron chi connectivity index (χ3n) is 1.90. The molecule has 0 amide bonds. The molecule has 2 nitrogen and oxygen atoms in total. The normalized spacial score (nSPS) is 8.44. The summed E-state index contributed by atoms with van der Waals surface area (Å²) >= 11 is 0. The minimum absolute atomic E-state index is 0.0937. The molecule has 1 radical (unpaired) electrons. The Bertz CT molecular complexity index is 514. The van der Waals surface area contributed by atoms with Crippen LogP contribution in [0.3, 0.4) is 0 Å². The third kappa shape index (κ3) is 5.65. The molecule has 1 aromatic rings. The van der Waals surface area contributed by atoms with Gasteiger partial charge in [0.05, 0.1) is 0 Å². The average Bonchev–Trinajstić information content (AvgIpc) is 2.38. The SMILES string of the molecule is [B]=BB=BB=BB=BOC(=O)c1ccccc1F. The van der Waals surface area contributed by atoms with Gasteiger partial charge in [-0.15, -0.1) is 0 Å². The summed E-state index contributed by atoms with van der Waals surface area (Å²) in [7, 11) is 6.30. The van der Waals surface area contributed by atoms with Gasteiger partial charge in [-0.2, -0.15) is 0 Å². The number of hydrogen-bond acceptors (Lipinski definition) is 2. The number of carbonyl (C=O) groups is 1. The van der Waals surface area contributed by atoms with Gasteiger partial charge in [-0.3, -0.25) is 0 Å². The van der Waals surface area contributed by atoms with Gasteiger partial charge in [-0.1, -0.05) is 0 Å². The molecule has 18 heavy (non-hydrogen) atoms. The first-order valence-corrected chi connectivity index (χ1v) is 5.24. The van der Waals surface area contributed by atoms with Crippen molar-refractivity contribution in [2.45, 2.75) is 0 Å². The van der Waals surface area contributed by atoms with Crippen LogP contribution in [-0.2, 0) is 4.65 Å². The van der Waals surface area contributed by atoms with E-state index >= 15 is 0 Å². The molecule has 0 spiro atoms. The summed E-state index contributed by atoms with van der Waals surface area (Å²) in [5.41, 5.74) is -0.0937. The van der Waals surface area contributed by atoms with Crippen molar-refractivity contribution in [3.63, 3.8) is 0 Å². The standard InChI is InChI=1S/C7H4B8FO2/c8-9-10-11-12-13-14-15-18-7(17)5-3-1-2-4-6(5)16/h1-4H. The summed E-state index contributed by atoms with van der Waals surface area (Å²) in [6.45, 7) is 9.62. The quantitative estimate of drug-likeness (QED) is 0.565. The Balaban J connectivity index is 2.49. The van der Waals surface area contributed by atoms with Gasteiger partial charge in [0.1, 0.15) is 0 Å². The Kier molecular flexibility index (Phi) is 7.70. The Morgan fingerprint density at radius 3 is 2.50 bits per heavy atom. The average molecular weight is 226 g/mol. The van der Waals surface area contributed by atoms with E-state index in [-0.39, 0.29) is 5.56 Å². The first-order valence-electron chi connectivity index (χ1n) is 5.24. The fraction of sp³-hybridized carbons (Fsp3) is 0. The Morgan fingerprint density at radius 1 is 1.11 bits per heavy atom. The first kappa shape index (κ1) is 15.2. The number of carbonyl (C=O) groups excluding carboxylic acids is 1. The van der Waals surface area contributed by atoms with Crippen molar-refractivity contribution >= 4 is 60.5 Å². The van der Waals surface area contributed by atoms with Crippen LogP contribution in [0.2, 0.25) is 0 Å². The third-order valence-corrected chi connectivity index (χ3v) is 1.90. The minimum atomic E-state index is -0.733. The van der Waals surface area contributed by atoms with Gasteiger partial charge in [0, 0.05) is 0 Å². The summed E-state index contributed by atoms with van der Waals surface area (Å²) in [4.78, 5) is 11.4. The second-order valence-electron chi connectivity index (χ2n) is 3.18. The van der Waals surface area contributed by atoms with E-state index in [0.717, 1.165) is 0 Å². The van der Waals surface area contributed by atoms with E-state index in [9.17, 15) is 9.18 Å². The second kappa shape index (κ2) is 9.12. The topological polar surface area (TPSA) is 26.3 Å². The number of rotatable bonds is 5. The zero-order valence-corrected chi connectivity index (χ0v) is 9.62. The van der Waals surface area contributed by atoms with E-state index in [2.05, 4.69) is 0 Å². The molecule has 0 aliphatic carbocycles. The van der Waals surface area contributed by atoms with Crippen molar-refractivity contribution in [3.8, 4) is 0 Å². The van der Waals surface area contributed by atoms with Crippen molar-refractivity contribution in [2.24, 2.45) is 0 Å². The molecular formula is C7H4B8FO2. The van der Waals surface area contributed by atoms with E-state index in [0.29, 0.717) is 0 Å². The van der Waals surface area contributed by atoms with Crippen LogP contribution in [0.15, 0.2) is 24.3 Å². The molecule has 0 aliphatic heterocycles. The molecule has 75 valence electrons. The van der Waals surface area contributed by atoms with Gasteiger partial charge in [0.15, 0.2) is 0 Å². The van der Waals surface area contributed by atoms with Gasteiger partial charge in [0.2, 0.25) is 0 Å². The van der Waals surface area contributed by atoms with E-state index < -0.39 is 11.8 Å². The molecular weight excluding hydrogens is 222 g/mol. The molecule has 0 saturated heterocycles. The van der Waals surface area contributed by atoms with E-state index in [1.54, 1.807) is 32.8 Å². The Morgan fingerprint density at radius 2 is 1.78 bits per heavy atom. The van der Waals surface area contributed by atoms with Crippen LogP contribution >= 0.6 is 0 Å². The molecule has 0 saturated carbocycles. The van der Waals surface area contributed by atoms with Crippen LogP contribution in [0.4, 0.5) is 4.39 Å². The molecule has 0 bridgehead atoms. The first-order chi connectivity index (χ1) is 8.75. The van der Waals surface area contributed by atoms with Crippen molar-refractivity contribution in [2.75, 3.05) is 0 Å². The number of halogens is 1. The molecule has 0 fully saturated rings. The predicted octanol–water partition coefficient (Wildman–Crippen LogP) is -1.60. The molecule has 1 aromatic carbocycles. The molecule has 0 atom stereocenters. The molecule has 0 heterocycles. The van der Waals surface area contributed by atoms with Crippen LogP contribution in [0.5, 0.6) is 0 Å². The van der Waals surface area contributed by atoms with Crippen LogP contribution in [-0.4, -0.2) is 60.5 Å². The molecule has 0 unspecified atom stereocenters. The fourth-order valence-electron chi connectivity index (χ4n) is 1.09. The van der Waals surface area contributed by atoms with Gasteiger partial charge >= 0.3 is 110 Å². The van der Waals surface area contributed by atoms with E-state index in [1.807, 2.05) is 0 Å². The Labute approximate surface area is 110 Å². The zero-order valence-electron chi connectivity index (χ0n) is 9.62. The van der Waals surface area contributed by atoms with Gasteiger partial charge in [0.25, 0.3) is 0 Å². The fourth-order valence-corrected chi connectivity index (χ4v) is 1.09. The summed E-state index contributed by atoms with van der Waals surface area (Å²) < 4.78 is 17.9. The molecule has 0 aliphatic rings. The van der Waals surface area contributed by atoms with Crippen LogP contribution in [0.1, 0.15) is 10.4 Å². The van der Waals surface area contributed by atoms with Crippen molar-refractivity contribution in [1.29, 1.82) is 0 Å². The number of benzene rings is 1. The summed E-state index contributed by atoms with van der Waals surface area (Å²) in [6.07, 6.45) is 0. The molecule has 11 heteroatoms. The predicted molar refractivity (Wildman–Crippen MR) is 77.8 cm³/mol. The van der Waals surface area contributed by atoms with Gasteiger partial charge in [-0.05, 0) is 0 Å². The van der Waals surface area contributed by atoms with Gasteiger partial charge < -0.3 is 0 Å². The van der Waals surface area contributed by atoms with Crippen molar-refractivity contribution in [3.05, 3.63) is 35.6 Å². The Hall–Kier alpha value is -0.861. The number of hydrogen-bond donors (Lipinski definition) is 0. The van der Waals surface area contributed by atoms with Gasteiger partial charge in [-0.25, -0.2) is 0 Å². The maximum atomic E-state index is 13.2. The van der Waals surface area contributed by atoms with Crippen molar-refractivity contribution < 1.29 is 13.8 Å². The van der Waals surface area contributed by atoms with Crippen molar-refractivity contribution in [1.82, 2.24) is 0 Å². The van der Waals surface area contributed by atoms with E-state index in [1.165, 1.54) is 38.6 Å². The summed E-state index contributed by atoms with van der Waals surface area (Å²) in [5.74, 6) is -1.34. The monoisotopic (exact) mass is 227 g/mol. The van der Waals surface area contributed by atoms with E-state index in [4.69, 9.17) is 12.0 Å². The van der Waals surface area contributed by atoms with Crippen LogP contribution < -0.4 is 0 Å². The van der Waals surface area contributed by atoms with Crippen LogP contribution in [0, 0.1) is 5.82 Å². The molecule has 0 N–H and O–H groups in total. The van der Waals surface area contributed by atoms with Crippen LogP contribution in [0.25, 0.3) is 0 Å². The molecule has 0 aromatic heterocycles. The zero-order chi connectivity index (χ0) is 13.2. The summed E-state index contributed by atoms with van der Waals surface area (Å²) in [5, 5.41) is 0. The second-order valence-corrected chi connectivity index (χ2v) is 3.18. The molecule has 1 rings (SSSR count).